The zero-order chi connectivity index (χ0) is 15.9. The Kier molecular flexibility index (Phi) is 6.25. The van der Waals surface area contributed by atoms with Crippen molar-refractivity contribution < 1.29 is 17.5 Å². The number of halogens is 1. The van der Waals surface area contributed by atoms with Gasteiger partial charge in [0.2, 0.25) is 10.0 Å². The molecule has 0 saturated carbocycles. The molecular formula is C13H14FN3O3S. The molecule has 0 aliphatic rings. The number of nitrogens with zero attached hydrogens (tertiary/aromatic N) is 3. The molecule has 0 aliphatic heterocycles. The van der Waals surface area contributed by atoms with Gasteiger partial charge in [-0.15, -0.1) is 0 Å². The molecule has 0 heterocycles. The maximum absolute atomic E-state index is 13.3. The van der Waals surface area contributed by atoms with E-state index in [0.717, 1.165) is 22.5 Å². The first-order valence-electron chi connectivity index (χ1n) is 6.03. The fourth-order valence-electron chi connectivity index (χ4n) is 1.62. The van der Waals surface area contributed by atoms with Crippen molar-refractivity contribution in [1.82, 2.24) is 4.31 Å². The molecule has 0 radical (unpaired) electrons. The summed E-state index contributed by atoms with van der Waals surface area (Å²) in [6.07, 6.45) is 0.0231. The van der Waals surface area contributed by atoms with Gasteiger partial charge in [0.25, 0.3) is 0 Å². The summed E-state index contributed by atoms with van der Waals surface area (Å²) < 4.78 is 44.1. The molecule has 0 amide bonds. The molecular weight excluding hydrogens is 297 g/mol. The zero-order valence-electron chi connectivity index (χ0n) is 11.4. The Balaban J connectivity index is 3.16. The molecule has 1 aromatic rings. The van der Waals surface area contributed by atoms with E-state index in [4.69, 9.17) is 15.3 Å². The summed E-state index contributed by atoms with van der Waals surface area (Å²) in [5, 5.41) is 17.4. The fraction of sp³-hybridized carbons (Fsp3) is 0.385. The van der Waals surface area contributed by atoms with Gasteiger partial charge < -0.3 is 4.74 Å². The molecule has 0 fully saturated rings. The highest BCUT2D eigenvalue weighted by molar-refractivity contribution is 7.89. The third kappa shape index (κ3) is 4.23. The van der Waals surface area contributed by atoms with Gasteiger partial charge in [-0.05, 0) is 18.2 Å². The summed E-state index contributed by atoms with van der Waals surface area (Å²) in [4.78, 5) is -0.186. The topological polar surface area (TPSA) is 94.2 Å². The third-order valence-corrected chi connectivity index (χ3v) is 4.61. The Morgan fingerprint density at radius 1 is 1.33 bits per heavy atom. The fourth-order valence-corrected chi connectivity index (χ4v) is 3.07. The summed E-state index contributed by atoms with van der Waals surface area (Å²) >= 11 is 0. The molecule has 112 valence electrons. The first-order chi connectivity index (χ1) is 9.97. The normalized spacial score (nSPS) is 11.1. The molecule has 0 N–H and O–H groups in total. The molecule has 0 unspecified atom stereocenters. The lowest BCUT2D eigenvalue weighted by molar-refractivity contribution is 0.179. The number of ether oxygens (including phenoxy) is 1. The van der Waals surface area contributed by atoms with E-state index >= 15 is 0 Å². The van der Waals surface area contributed by atoms with E-state index in [0.29, 0.717) is 0 Å². The largest absolute Gasteiger partial charge is 0.383 e. The van der Waals surface area contributed by atoms with Gasteiger partial charge in [0, 0.05) is 26.6 Å². The standard InChI is InChI=1S/C13H14FN3O3S/c1-20-8-7-17(6-2-5-15)21(18,19)12-3-4-13(14)11(9-12)10-16/h3-4,9H,2,6-8H2,1H3. The van der Waals surface area contributed by atoms with Gasteiger partial charge in [0.15, 0.2) is 0 Å². The molecule has 0 spiro atoms. The van der Waals surface area contributed by atoms with Crippen molar-refractivity contribution in [3.8, 4) is 12.1 Å². The van der Waals surface area contributed by atoms with Gasteiger partial charge in [-0.25, -0.2) is 12.8 Å². The van der Waals surface area contributed by atoms with Crippen molar-refractivity contribution in [3.05, 3.63) is 29.6 Å². The monoisotopic (exact) mass is 311 g/mol. The van der Waals surface area contributed by atoms with Crippen LogP contribution in [0, 0.1) is 28.5 Å². The number of benzene rings is 1. The van der Waals surface area contributed by atoms with Crippen LogP contribution in [0.5, 0.6) is 0 Å². The van der Waals surface area contributed by atoms with Crippen LogP contribution < -0.4 is 0 Å². The maximum atomic E-state index is 13.3. The minimum Gasteiger partial charge on any atom is -0.383 e. The Hall–Kier alpha value is -2.00. The molecule has 0 atom stereocenters. The molecule has 1 rings (SSSR count). The van der Waals surface area contributed by atoms with E-state index < -0.39 is 15.8 Å². The number of methoxy groups -OCH3 is 1. The van der Waals surface area contributed by atoms with Crippen molar-refractivity contribution in [2.45, 2.75) is 11.3 Å². The molecule has 0 aliphatic carbocycles. The van der Waals surface area contributed by atoms with E-state index in [1.165, 1.54) is 7.11 Å². The highest BCUT2D eigenvalue weighted by atomic mass is 32.2. The Morgan fingerprint density at radius 2 is 2.05 bits per heavy atom. The number of rotatable bonds is 7. The SMILES string of the molecule is COCCN(CCC#N)S(=O)(=O)c1ccc(F)c(C#N)c1. The summed E-state index contributed by atoms with van der Waals surface area (Å²) in [5.74, 6) is -0.781. The summed E-state index contributed by atoms with van der Waals surface area (Å²) in [7, 11) is -2.48. The number of hydrogen-bond donors (Lipinski definition) is 0. The third-order valence-electron chi connectivity index (χ3n) is 2.71. The van der Waals surface area contributed by atoms with Gasteiger partial charge in [-0.2, -0.15) is 14.8 Å². The van der Waals surface area contributed by atoms with Crippen molar-refractivity contribution in [1.29, 1.82) is 10.5 Å². The molecule has 1 aromatic carbocycles. The number of sulfonamides is 1. The lowest BCUT2D eigenvalue weighted by Crippen LogP contribution is -2.34. The van der Waals surface area contributed by atoms with Crippen molar-refractivity contribution in [2.24, 2.45) is 0 Å². The first kappa shape index (κ1) is 17.1. The van der Waals surface area contributed by atoms with Gasteiger partial charge >= 0.3 is 0 Å². The Bertz CT molecular complexity index is 677. The lowest BCUT2D eigenvalue weighted by Gasteiger charge is -2.20. The van der Waals surface area contributed by atoms with Gasteiger partial charge in [0.1, 0.15) is 11.9 Å². The second kappa shape index (κ2) is 7.70. The van der Waals surface area contributed by atoms with Gasteiger partial charge in [-0.1, -0.05) is 0 Å². The van der Waals surface area contributed by atoms with Crippen LogP contribution in [0.4, 0.5) is 4.39 Å². The Morgan fingerprint density at radius 3 is 2.62 bits per heavy atom. The van der Waals surface area contributed by atoms with Crippen LogP contribution in [0.2, 0.25) is 0 Å². The van der Waals surface area contributed by atoms with E-state index in [1.54, 1.807) is 6.07 Å². The van der Waals surface area contributed by atoms with Crippen molar-refractivity contribution in [3.63, 3.8) is 0 Å². The van der Waals surface area contributed by atoms with E-state index in [9.17, 15) is 12.8 Å². The smallest absolute Gasteiger partial charge is 0.243 e. The zero-order valence-corrected chi connectivity index (χ0v) is 12.2. The summed E-state index contributed by atoms with van der Waals surface area (Å²) in [5.41, 5.74) is -0.344. The second-order valence-electron chi connectivity index (χ2n) is 4.06. The molecule has 0 aromatic heterocycles. The summed E-state index contributed by atoms with van der Waals surface area (Å²) in [6, 6.07) is 6.48. The number of hydrogen-bond acceptors (Lipinski definition) is 5. The lowest BCUT2D eigenvalue weighted by atomic mass is 10.2. The second-order valence-corrected chi connectivity index (χ2v) is 6.00. The molecule has 8 heteroatoms. The molecule has 6 nitrogen and oxygen atoms in total. The van der Waals surface area contributed by atoms with Gasteiger partial charge in [-0.3, -0.25) is 0 Å². The van der Waals surface area contributed by atoms with Crippen molar-refractivity contribution in [2.75, 3.05) is 26.8 Å². The highest BCUT2D eigenvalue weighted by Crippen LogP contribution is 2.19. The average molecular weight is 311 g/mol. The first-order valence-corrected chi connectivity index (χ1v) is 7.47. The van der Waals surface area contributed by atoms with Crippen molar-refractivity contribution >= 4 is 10.0 Å². The minimum atomic E-state index is -3.91. The van der Waals surface area contributed by atoms with Gasteiger partial charge in [0.05, 0.1) is 23.1 Å². The summed E-state index contributed by atoms with van der Waals surface area (Å²) in [6.45, 7) is 0.234. The minimum absolute atomic E-state index is 0.00145. The van der Waals surface area contributed by atoms with Crippen LogP contribution >= 0.6 is 0 Å². The van der Waals surface area contributed by atoms with Crippen LogP contribution in [-0.2, 0) is 14.8 Å². The van der Waals surface area contributed by atoms with Crippen LogP contribution in [0.25, 0.3) is 0 Å². The molecule has 0 saturated heterocycles. The average Bonchev–Trinajstić information content (AvgIpc) is 2.47. The van der Waals surface area contributed by atoms with E-state index in [2.05, 4.69) is 0 Å². The van der Waals surface area contributed by atoms with Crippen LogP contribution in [0.15, 0.2) is 23.1 Å². The maximum Gasteiger partial charge on any atom is 0.243 e. The Labute approximate surface area is 123 Å². The predicted octanol–water partition coefficient (Wildman–Crippen LogP) is 1.25. The molecule has 21 heavy (non-hydrogen) atoms. The van der Waals surface area contributed by atoms with Crippen LogP contribution in [-0.4, -0.2) is 39.5 Å². The van der Waals surface area contributed by atoms with E-state index in [-0.39, 0.29) is 36.6 Å². The van der Waals surface area contributed by atoms with Crippen LogP contribution in [0.1, 0.15) is 12.0 Å². The predicted molar refractivity (Wildman–Crippen MR) is 72.0 cm³/mol. The highest BCUT2D eigenvalue weighted by Gasteiger charge is 2.24. The van der Waals surface area contributed by atoms with Crippen LogP contribution in [0.3, 0.4) is 0 Å². The van der Waals surface area contributed by atoms with E-state index in [1.807, 2.05) is 6.07 Å². The quantitative estimate of drug-likeness (QED) is 0.755. The molecule has 0 bridgehead atoms. The number of nitriles is 2.